The molecule has 124 valence electrons. The Morgan fingerprint density at radius 1 is 1.39 bits per heavy atom. The number of amides is 1. The van der Waals surface area contributed by atoms with E-state index in [4.69, 9.17) is 9.57 Å². The lowest BCUT2D eigenvalue weighted by Gasteiger charge is -2.21. The normalized spacial score (nSPS) is 30.8. The molecule has 0 aromatic carbocycles. The van der Waals surface area contributed by atoms with Crippen molar-refractivity contribution < 1.29 is 14.4 Å². The fourth-order valence-electron chi connectivity index (χ4n) is 3.94. The molecular weight excluding hydrogens is 294 g/mol. The molecule has 4 rings (SSSR count). The number of hydroxylamine groups is 2. The first-order valence-corrected chi connectivity index (χ1v) is 8.46. The molecule has 3 saturated heterocycles. The van der Waals surface area contributed by atoms with Crippen LogP contribution in [0.4, 0.5) is 0 Å². The van der Waals surface area contributed by atoms with Gasteiger partial charge < -0.3 is 4.74 Å². The summed E-state index contributed by atoms with van der Waals surface area (Å²) in [5.74, 6) is 0.885. The Bertz CT molecular complexity index is 547. The van der Waals surface area contributed by atoms with E-state index in [1.54, 1.807) is 6.20 Å². The number of carbonyl (C=O) groups is 1. The van der Waals surface area contributed by atoms with Gasteiger partial charge >= 0.3 is 0 Å². The predicted molar refractivity (Wildman–Crippen MR) is 83.1 cm³/mol. The van der Waals surface area contributed by atoms with Gasteiger partial charge in [-0.3, -0.25) is 19.5 Å². The van der Waals surface area contributed by atoms with Gasteiger partial charge in [0.25, 0.3) is 0 Å². The van der Waals surface area contributed by atoms with E-state index in [2.05, 4.69) is 16.0 Å². The van der Waals surface area contributed by atoms with Crippen LogP contribution in [0.2, 0.25) is 0 Å². The van der Waals surface area contributed by atoms with Gasteiger partial charge in [0, 0.05) is 44.4 Å². The number of likely N-dealkylation sites (tertiary alicyclic amines) is 1. The molecule has 0 saturated carbocycles. The molecule has 0 radical (unpaired) electrons. The van der Waals surface area contributed by atoms with Crippen LogP contribution in [0, 0.1) is 11.8 Å². The van der Waals surface area contributed by atoms with Crippen LogP contribution >= 0.6 is 0 Å². The van der Waals surface area contributed by atoms with Crippen molar-refractivity contribution in [2.75, 3.05) is 32.8 Å². The number of hydrogen-bond acceptors (Lipinski definition) is 5. The number of carbonyl (C=O) groups excluding carboxylic acids is 1. The minimum Gasteiger partial charge on any atom is -0.376 e. The summed E-state index contributed by atoms with van der Waals surface area (Å²) in [6.45, 7) is 4.95. The van der Waals surface area contributed by atoms with Crippen LogP contribution in [0.3, 0.4) is 0 Å². The van der Waals surface area contributed by atoms with E-state index in [9.17, 15) is 4.79 Å². The van der Waals surface area contributed by atoms with Crippen molar-refractivity contribution in [3.63, 3.8) is 0 Å². The van der Waals surface area contributed by atoms with Gasteiger partial charge in [-0.05, 0) is 24.0 Å². The highest BCUT2D eigenvalue weighted by Gasteiger charge is 2.44. The topological polar surface area (TPSA) is 54.9 Å². The van der Waals surface area contributed by atoms with Crippen molar-refractivity contribution in [1.29, 1.82) is 0 Å². The molecule has 3 atom stereocenters. The second-order valence-corrected chi connectivity index (χ2v) is 6.74. The number of hydrogen-bond donors (Lipinski definition) is 0. The molecule has 4 heterocycles. The Morgan fingerprint density at radius 3 is 3.13 bits per heavy atom. The second kappa shape index (κ2) is 6.55. The molecule has 1 amide bonds. The van der Waals surface area contributed by atoms with Gasteiger partial charge in [-0.1, -0.05) is 6.07 Å². The molecule has 6 nitrogen and oxygen atoms in total. The van der Waals surface area contributed by atoms with E-state index in [0.717, 1.165) is 32.6 Å². The Morgan fingerprint density at radius 2 is 2.35 bits per heavy atom. The first kappa shape index (κ1) is 15.1. The van der Waals surface area contributed by atoms with Gasteiger partial charge in [0.05, 0.1) is 25.9 Å². The van der Waals surface area contributed by atoms with Crippen molar-refractivity contribution in [2.45, 2.75) is 25.5 Å². The number of aromatic nitrogens is 1. The van der Waals surface area contributed by atoms with Gasteiger partial charge in [-0.25, -0.2) is 5.06 Å². The monoisotopic (exact) mass is 317 g/mol. The maximum atomic E-state index is 12.3. The first-order valence-electron chi connectivity index (χ1n) is 8.46. The highest BCUT2D eigenvalue weighted by atomic mass is 16.7. The van der Waals surface area contributed by atoms with Crippen molar-refractivity contribution in [3.05, 3.63) is 30.1 Å². The maximum absolute atomic E-state index is 12.3. The van der Waals surface area contributed by atoms with Crippen molar-refractivity contribution in [1.82, 2.24) is 14.9 Å². The van der Waals surface area contributed by atoms with Gasteiger partial charge in [-0.15, -0.1) is 0 Å². The van der Waals surface area contributed by atoms with Crippen LogP contribution in [0.15, 0.2) is 24.5 Å². The van der Waals surface area contributed by atoms with E-state index < -0.39 is 0 Å². The third-order valence-electron chi connectivity index (χ3n) is 5.11. The Kier molecular flexibility index (Phi) is 4.29. The average molecular weight is 317 g/mol. The predicted octanol–water partition coefficient (Wildman–Crippen LogP) is 1.08. The third kappa shape index (κ3) is 3.24. The Balaban J connectivity index is 1.33. The number of fused-ring (bicyclic) bond motifs is 1. The summed E-state index contributed by atoms with van der Waals surface area (Å²) in [7, 11) is 0. The van der Waals surface area contributed by atoms with E-state index >= 15 is 0 Å². The minimum atomic E-state index is 0.113. The van der Waals surface area contributed by atoms with Crippen LogP contribution in [-0.4, -0.2) is 59.8 Å². The summed E-state index contributed by atoms with van der Waals surface area (Å²) < 4.78 is 5.95. The minimum absolute atomic E-state index is 0.113. The molecule has 3 aliphatic rings. The SMILES string of the molecule is O=C(C[C@@H]1CO[C@@H]2CN(Cc3cccnc3)C[C@H]12)N1CCCO1. The zero-order valence-electron chi connectivity index (χ0n) is 13.3. The molecule has 23 heavy (non-hydrogen) atoms. The van der Waals surface area contributed by atoms with Gasteiger partial charge in [-0.2, -0.15) is 0 Å². The molecule has 0 spiro atoms. The zero-order chi connectivity index (χ0) is 15.6. The molecule has 1 aromatic rings. The molecule has 3 aliphatic heterocycles. The fraction of sp³-hybridized carbons (Fsp3) is 0.647. The molecule has 0 aliphatic carbocycles. The van der Waals surface area contributed by atoms with E-state index in [0.29, 0.717) is 31.5 Å². The number of nitrogens with zero attached hydrogens (tertiary/aromatic N) is 3. The quantitative estimate of drug-likeness (QED) is 0.832. The number of pyridine rings is 1. The maximum Gasteiger partial charge on any atom is 0.246 e. The van der Waals surface area contributed by atoms with Crippen molar-refractivity contribution in [2.24, 2.45) is 11.8 Å². The van der Waals surface area contributed by atoms with E-state index in [1.165, 1.54) is 10.6 Å². The molecule has 0 N–H and O–H groups in total. The van der Waals surface area contributed by atoms with Crippen LogP contribution in [-0.2, 0) is 20.9 Å². The van der Waals surface area contributed by atoms with Gasteiger partial charge in [0.1, 0.15) is 0 Å². The lowest BCUT2D eigenvalue weighted by molar-refractivity contribution is -0.170. The van der Waals surface area contributed by atoms with Crippen LogP contribution in [0.25, 0.3) is 0 Å². The van der Waals surface area contributed by atoms with Crippen LogP contribution in [0.1, 0.15) is 18.4 Å². The second-order valence-electron chi connectivity index (χ2n) is 6.74. The lowest BCUT2D eigenvalue weighted by atomic mass is 9.90. The summed E-state index contributed by atoms with van der Waals surface area (Å²) in [5, 5.41) is 1.54. The highest BCUT2D eigenvalue weighted by Crippen LogP contribution is 2.36. The first-order chi connectivity index (χ1) is 11.3. The summed E-state index contributed by atoms with van der Waals surface area (Å²) in [5.41, 5.74) is 1.23. The molecule has 3 fully saturated rings. The number of ether oxygens (including phenoxy) is 1. The van der Waals surface area contributed by atoms with E-state index in [-0.39, 0.29) is 12.0 Å². The van der Waals surface area contributed by atoms with Crippen LogP contribution < -0.4 is 0 Å². The summed E-state index contributed by atoms with van der Waals surface area (Å²) >= 11 is 0. The van der Waals surface area contributed by atoms with Crippen molar-refractivity contribution in [3.8, 4) is 0 Å². The average Bonchev–Trinajstić information content (AvgIpc) is 3.27. The smallest absolute Gasteiger partial charge is 0.246 e. The standard InChI is InChI=1S/C17H23N3O3/c21-17(20-5-2-6-23-20)7-14-12-22-16-11-19(10-15(14)16)9-13-3-1-4-18-8-13/h1,3-4,8,14-16H,2,5-7,9-12H2/t14-,15-,16-/m1/s1. The Labute approximate surface area is 136 Å². The summed E-state index contributed by atoms with van der Waals surface area (Å²) in [6.07, 6.45) is 5.47. The lowest BCUT2D eigenvalue weighted by Crippen LogP contribution is -2.31. The summed E-state index contributed by atoms with van der Waals surface area (Å²) in [4.78, 5) is 24.2. The molecule has 1 aromatic heterocycles. The number of rotatable bonds is 4. The molecular formula is C17H23N3O3. The highest BCUT2D eigenvalue weighted by molar-refractivity contribution is 5.75. The fourth-order valence-corrected chi connectivity index (χ4v) is 3.94. The van der Waals surface area contributed by atoms with Gasteiger partial charge in [0.2, 0.25) is 5.91 Å². The molecule has 0 bridgehead atoms. The summed E-state index contributed by atoms with van der Waals surface area (Å²) in [6, 6.07) is 4.08. The Hall–Kier alpha value is -1.50. The largest absolute Gasteiger partial charge is 0.376 e. The van der Waals surface area contributed by atoms with Crippen LogP contribution in [0.5, 0.6) is 0 Å². The molecule has 6 heteroatoms. The van der Waals surface area contributed by atoms with Gasteiger partial charge in [0.15, 0.2) is 0 Å². The van der Waals surface area contributed by atoms with Crippen molar-refractivity contribution >= 4 is 5.91 Å². The zero-order valence-corrected chi connectivity index (χ0v) is 13.3. The molecule has 0 unspecified atom stereocenters. The van der Waals surface area contributed by atoms with E-state index in [1.807, 2.05) is 12.3 Å². The third-order valence-corrected chi connectivity index (χ3v) is 5.11.